The first-order valence-electron chi connectivity index (χ1n) is 5.49. The number of hydrogen-bond acceptors (Lipinski definition) is 2. The molecule has 0 bridgehead atoms. The van der Waals surface area contributed by atoms with Gasteiger partial charge in [-0.25, -0.2) is 0 Å². The highest BCUT2D eigenvalue weighted by atomic mass is 32.1. The normalized spacial score (nSPS) is 10.0. The smallest absolute Gasteiger partial charge is 0.270 e. The zero-order chi connectivity index (χ0) is 13.0. The van der Waals surface area contributed by atoms with Crippen LogP contribution < -0.4 is 5.32 Å². The number of carbonyl (C=O) groups excluding carboxylic acids is 1. The highest BCUT2D eigenvalue weighted by Crippen LogP contribution is 2.12. The van der Waals surface area contributed by atoms with Gasteiger partial charge < -0.3 is 10.3 Å². The Morgan fingerprint density at radius 2 is 2.17 bits per heavy atom. The second-order valence-electron chi connectivity index (χ2n) is 3.65. The Morgan fingerprint density at radius 3 is 2.83 bits per heavy atom. The summed E-state index contributed by atoms with van der Waals surface area (Å²) in [6, 6.07) is 9.50. The summed E-state index contributed by atoms with van der Waals surface area (Å²) in [4.78, 5) is 14.8. The van der Waals surface area contributed by atoms with Crippen molar-refractivity contribution in [2.45, 2.75) is 0 Å². The number of rotatable bonds is 4. The molecule has 92 valence electrons. The van der Waals surface area contributed by atoms with Gasteiger partial charge in [-0.2, -0.15) is 0 Å². The SMILES string of the molecule is C=CCNC(=O)c1c[nH]c(=S)n1-c1ccccc1. The van der Waals surface area contributed by atoms with E-state index in [4.69, 9.17) is 12.2 Å². The Labute approximate surface area is 110 Å². The minimum absolute atomic E-state index is 0.189. The van der Waals surface area contributed by atoms with E-state index in [0.29, 0.717) is 17.0 Å². The lowest BCUT2D eigenvalue weighted by Gasteiger charge is -2.07. The monoisotopic (exact) mass is 259 g/mol. The lowest BCUT2D eigenvalue weighted by molar-refractivity contribution is 0.0951. The Hall–Kier alpha value is -2.14. The number of aromatic nitrogens is 2. The Bertz CT molecular complexity index is 613. The number of nitrogens with one attached hydrogen (secondary N) is 2. The molecule has 0 radical (unpaired) electrons. The van der Waals surface area contributed by atoms with Crippen LogP contribution in [0.5, 0.6) is 0 Å². The van der Waals surface area contributed by atoms with Crippen molar-refractivity contribution in [1.82, 2.24) is 14.9 Å². The maximum Gasteiger partial charge on any atom is 0.270 e. The third-order valence-corrected chi connectivity index (χ3v) is 2.73. The molecule has 5 heteroatoms. The third-order valence-electron chi connectivity index (χ3n) is 2.43. The molecule has 1 amide bonds. The number of H-pyrrole nitrogens is 1. The maximum atomic E-state index is 12.0. The van der Waals surface area contributed by atoms with E-state index >= 15 is 0 Å². The predicted octanol–water partition coefficient (Wildman–Crippen LogP) is 2.45. The van der Waals surface area contributed by atoms with Crippen LogP contribution in [-0.4, -0.2) is 22.0 Å². The molecule has 1 aromatic heterocycles. The number of aromatic amines is 1. The number of carbonyl (C=O) groups is 1. The molecule has 0 aliphatic heterocycles. The molecule has 2 aromatic rings. The predicted molar refractivity (Wildman–Crippen MR) is 73.5 cm³/mol. The van der Waals surface area contributed by atoms with E-state index in [-0.39, 0.29) is 5.91 Å². The van der Waals surface area contributed by atoms with Gasteiger partial charge in [-0.1, -0.05) is 24.3 Å². The van der Waals surface area contributed by atoms with Crippen LogP contribution >= 0.6 is 12.2 Å². The van der Waals surface area contributed by atoms with E-state index in [1.807, 2.05) is 30.3 Å². The molecule has 0 atom stereocenters. The van der Waals surface area contributed by atoms with Crippen LogP contribution in [0.2, 0.25) is 0 Å². The van der Waals surface area contributed by atoms with Crippen molar-refractivity contribution in [2.75, 3.05) is 6.54 Å². The lowest BCUT2D eigenvalue weighted by Crippen LogP contribution is -2.25. The van der Waals surface area contributed by atoms with Crippen molar-refractivity contribution in [3.8, 4) is 5.69 Å². The molecule has 18 heavy (non-hydrogen) atoms. The number of imidazole rings is 1. The summed E-state index contributed by atoms with van der Waals surface area (Å²) in [5.41, 5.74) is 1.33. The molecule has 0 aliphatic rings. The van der Waals surface area contributed by atoms with Crippen LogP contribution in [0.25, 0.3) is 5.69 Å². The highest BCUT2D eigenvalue weighted by molar-refractivity contribution is 7.71. The van der Waals surface area contributed by atoms with Crippen LogP contribution in [0.4, 0.5) is 0 Å². The largest absolute Gasteiger partial charge is 0.347 e. The molecule has 0 unspecified atom stereocenters. The molecule has 0 saturated carbocycles. The van der Waals surface area contributed by atoms with Gasteiger partial charge >= 0.3 is 0 Å². The van der Waals surface area contributed by atoms with Crippen LogP contribution in [0.3, 0.4) is 0 Å². The van der Waals surface area contributed by atoms with E-state index in [1.54, 1.807) is 16.8 Å². The number of hydrogen-bond donors (Lipinski definition) is 2. The van der Waals surface area contributed by atoms with E-state index in [2.05, 4.69) is 16.9 Å². The molecule has 0 saturated heterocycles. The lowest BCUT2D eigenvalue weighted by atomic mass is 10.3. The van der Waals surface area contributed by atoms with Gasteiger partial charge in [0.05, 0.1) is 0 Å². The van der Waals surface area contributed by atoms with Gasteiger partial charge in [-0.05, 0) is 24.4 Å². The molecule has 1 aromatic carbocycles. The Balaban J connectivity index is 2.42. The Kier molecular flexibility index (Phi) is 3.74. The standard InChI is InChI=1S/C13H13N3OS/c1-2-8-14-12(17)11-9-15-13(18)16(11)10-6-4-3-5-7-10/h2-7,9H,1,8H2,(H,14,17)(H,15,18). The van der Waals surface area contributed by atoms with E-state index < -0.39 is 0 Å². The molecule has 4 nitrogen and oxygen atoms in total. The van der Waals surface area contributed by atoms with Crippen molar-refractivity contribution in [3.05, 3.63) is 59.6 Å². The first-order chi connectivity index (χ1) is 8.74. The first kappa shape index (κ1) is 12.3. The van der Waals surface area contributed by atoms with Crippen LogP contribution in [-0.2, 0) is 0 Å². The highest BCUT2D eigenvalue weighted by Gasteiger charge is 2.12. The van der Waals surface area contributed by atoms with Crippen molar-refractivity contribution in [3.63, 3.8) is 0 Å². The van der Waals surface area contributed by atoms with E-state index in [1.165, 1.54) is 0 Å². The fourth-order valence-electron chi connectivity index (χ4n) is 1.62. The van der Waals surface area contributed by atoms with Crippen molar-refractivity contribution < 1.29 is 4.79 Å². The summed E-state index contributed by atoms with van der Waals surface area (Å²) in [5.74, 6) is -0.189. The number of amides is 1. The minimum Gasteiger partial charge on any atom is -0.347 e. The van der Waals surface area contributed by atoms with Crippen LogP contribution in [0.15, 0.2) is 49.2 Å². The molecule has 2 rings (SSSR count). The zero-order valence-corrected chi connectivity index (χ0v) is 10.5. The van der Waals surface area contributed by atoms with Gasteiger partial charge in [0.1, 0.15) is 5.69 Å². The maximum absolute atomic E-state index is 12.0. The van der Waals surface area contributed by atoms with Gasteiger partial charge in [0.25, 0.3) is 5.91 Å². The number of nitrogens with zero attached hydrogens (tertiary/aromatic N) is 1. The summed E-state index contributed by atoms with van der Waals surface area (Å²) >= 11 is 5.19. The summed E-state index contributed by atoms with van der Waals surface area (Å²) in [5, 5.41) is 2.73. The van der Waals surface area contributed by atoms with Crippen LogP contribution in [0.1, 0.15) is 10.5 Å². The van der Waals surface area contributed by atoms with Gasteiger partial charge in [-0.3, -0.25) is 9.36 Å². The van der Waals surface area contributed by atoms with Gasteiger partial charge in [0.15, 0.2) is 4.77 Å². The number of benzene rings is 1. The summed E-state index contributed by atoms with van der Waals surface area (Å²) < 4.78 is 2.19. The first-order valence-corrected chi connectivity index (χ1v) is 5.90. The zero-order valence-electron chi connectivity index (χ0n) is 9.72. The fourth-order valence-corrected chi connectivity index (χ4v) is 1.89. The van der Waals surface area contributed by atoms with E-state index in [9.17, 15) is 4.79 Å². The molecule has 2 N–H and O–H groups in total. The second kappa shape index (κ2) is 5.46. The average Bonchev–Trinajstić information content (AvgIpc) is 2.79. The number of para-hydroxylation sites is 1. The topological polar surface area (TPSA) is 49.8 Å². The molecular weight excluding hydrogens is 246 g/mol. The van der Waals surface area contributed by atoms with Gasteiger partial charge in [0.2, 0.25) is 0 Å². The summed E-state index contributed by atoms with van der Waals surface area (Å²) in [6.45, 7) is 3.98. The molecule has 0 aliphatic carbocycles. The van der Waals surface area contributed by atoms with Crippen LogP contribution in [0, 0.1) is 4.77 Å². The van der Waals surface area contributed by atoms with Crippen molar-refractivity contribution in [2.24, 2.45) is 0 Å². The van der Waals surface area contributed by atoms with Gasteiger partial charge in [0, 0.05) is 18.4 Å². The van der Waals surface area contributed by atoms with Gasteiger partial charge in [-0.15, -0.1) is 6.58 Å². The second-order valence-corrected chi connectivity index (χ2v) is 4.04. The van der Waals surface area contributed by atoms with Crippen molar-refractivity contribution in [1.29, 1.82) is 0 Å². The Morgan fingerprint density at radius 1 is 1.44 bits per heavy atom. The fraction of sp³-hybridized carbons (Fsp3) is 0.0769. The molecule has 0 spiro atoms. The summed E-state index contributed by atoms with van der Waals surface area (Å²) in [6.07, 6.45) is 3.24. The summed E-state index contributed by atoms with van der Waals surface area (Å²) in [7, 11) is 0. The third kappa shape index (κ3) is 2.41. The minimum atomic E-state index is -0.189. The molecular formula is C13H13N3OS. The van der Waals surface area contributed by atoms with Crippen molar-refractivity contribution >= 4 is 18.1 Å². The molecule has 0 fully saturated rings. The molecule has 1 heterocycles. The van der Waals surface area contributed by atoms with E-state index in [0.717, 1.165) is 5.69 Å². The quantitative estimate of drug-likeness (QED) is 0.654. The average molecular weight is 259 g/mol.